The van der Waals surface area contributed by atoms with Gasteiger partial charge in [0.05, 0.1) is 19.2 Å². The van der Waals surface area contributed by atoms with Crippen LogP contribution in [0.1, 0.15) is 69.8 Å². The van der Waals surface area contributed by atoms with Crippen LogP contribution in [0, 0.1) is 5.82 Å². The highest BCUT2D eigenvalue weighted by Gasteiger charge is 2.43. The van der Waals surface area contributed by atoms with E-state index in [9.17, 15) is 18.8 Å². The van der Waals surface area contributed by atoms with Crippen LogP contribution in [-0.4, -0.2) is 52.0 Å². The van der Waals surface area contributed by atoms with Crippen LogP contribution < -0.4 is 15.5 Å². The van der Waals surface area contributed by atoms with Gasteiger partial charge in [0.15, 0.2) is 11.4 Å². The lowest BCUT2D eigenvalue weighted by molar-refractivity contribution is -0.0240. The molecule has 9 heteroatoms. The van der Waals surface area contributed by atoms with Crippen molar-refractivity contribution in [2.45, 2.75) is 51.5 Å². The predicted octanol–water partition coefficient (Wildman–Crippen LogP) is 5.37. The van der Waals surface area contributed by atoms with Gasteiger partial charge in [-0.05, 0) is 41.7 Å². The Morgan fingerprint density at radius 2 is 1.62 bits per heavy atom. The van der Waals surface area contributed by atoms with Crippen LogP contribution in [0.5, 0.6) is 5.75 Å². The highest BCUT2D eigenvalue weighted by molar-refractivity contribution is 5.99. The van der Waals surface area contributed by atoms with E-state index in [0.717, 1.165) is 30.5 Å². The van der Waals surface area contributed by atoms with Crippen molar-refractivity contribution in [2.24, 2.45) is 0 Å². The van der Waals surface area contributed by atoms with E-state index in [1.54, 1.807) is 16.7 Å². The third-order valence-electron chi connectivity index (χ3n) is 8.54. The number of aromatic nitrogens is 1. The molecule has 45 heavy (non-hydrogen) atoms. The summed E-state index contributed by atoms with van der Waals surface area (Å²) in [6, 6.07) is 26.2. The number of hydrogen-bond acceptors (Lipinski definition) is 5. The molecule has 1 saturated heterocycles. The minimum atomic E-state index is -0.610. The summed E-state index contributed by atoms with van der Waals surface area (Å²) >= 11 is 0. The number of fused-ring (bicyclic) bond motifs is 2. The molecule has 232 valence electrons. The fourth-order valence-electron chi connectivity index (χ4n) is 6.30. The van der Waals surface area contributed by atoms with Crippen molar-refractivity contribution in [1.82, 2.24) is 19.7 Å². The molecule has 8 nitrogen and oxygen atoms in total. The summed E-state index contributed by atoms with van der Waals surface area (Å²) in [6.45, 7) is 4.07. The molecule has 2 amide bonds. The van der Waals surface area contributed by atoms with E-state index in [1.807, 2.05) is 48.2 Å². The van der Waals surface area contributed by atoms with Crippen LogP contribution >= 0.6 is 0 Å². The fraction of sp³-hybridized carbons (Fsp3) is 0.306. The van der Waals surface area contributed by atoms with Gasteiger partial charge in [0.25, 0.3) is 11.8 Å². The second-order valence-corrected chi connectivity index (χ2v) is 11.5. The van der Waals surface area contributed by atoms with Crippen LogP contribution in [0.4, 0.5) is 4.39 Å². The lowest BCUT2D eigenvalue weighted by atomic mass is 9.94. The van der Waals surface area contributed by atoms with E-state index in [1.165, 1.54) is 18.3 Å². The molecule has 3 aromatic carbocycles. The number of hydrogen-bond donors (Lipinski definition) is 1. The van der Waals surface area contributed by atoms with Gasteiger partial charge in [-0.1, -0.05) is 86.1 Å². The van der Waals surface area contributed by atoms with Crippen LogP contribution in [0.2, 0.25) is 0 Å². The van der Waals surface area contributed by atoms with E-state index >= 15 is 0 Å². The number of unbranched alkanes of at least 4 members (excludes halogenated alkanes) is 1. The first kappa shape index (κ1) is 30.3. The summed E-state index contributed by atoms with van der Waals surface area (Å²) < 4.78 is 21.1. The standard InChI is InChI=1S/C36H37FN4O4/c1-2-3-21-45-34-32-36(44)41-20-10-19-40(31(26-11-6-4-7-12-26)27-13-8-5-9-14-27)30(41)24-39(32)23-29(33(34)42)35(43)38-22-25-15-17-28(37)18-16-25/h4-9,11-18,23,30-31H,2-3,10,19-22,24H2,1H3,(H,38,43). The summed E-state index contributed by atoms with van der Waals surface area (Å²) in [4.78, 5) is 45.6. The van der Waals surface area contributed by atoms with E-state index in [-0.39, 0.29) is 54.1 Å². The van der Waals surface area contributed by atoms with Crippen LogP contribution in [0.25, 0.3) is 0 Å². The van der Waals surface area contributed by atoms with Crippen molar-refractivity contribution in [3.8, 4) is 5.75 Å². The molecule has 3 heterocycles. The maximum absolute atomic E-state index is 14.2. The van der Waals surface area contributed by atoms with Crippen LogP contribution in [-0.2, 0) is 13.1 Å². The first-order valence-corrected chi connectivity index (χ1v) is 15.6. The molecule has 4 aromatic rings. The molecule has 1 fully saturated rings. The molecule has 1 aromatic heterocycles. The number of carbonyl (C=O) groups excluding carboxylic acids is 2. The molecule has 0 bridgehead atoms. The van der Waals surface area contributed by atoms with Gasteiger partial charge in [0.1, 0.15) is 17.5 Å². The molecule has 0 spiro atoms. The van der Waals surface area contributed by atoms with Crippen molar-refractivity contribution >= 4 is 11.8 Å². The first-order chi connectivity index (χ1) is 22.0. The molecular weight excluding hydrogens is 571 g/mol. The zero-order valence-electron chi connectivity index (χ0n) is 25.3. The van der Waals surface area contributed by atoms with Gasteiger partial charge in [-0.2, -0.15) is 0 Å². The SMILES string of the molecule is CCCCOc1c2n(cc(C(=O)NCc3ccc(F)cc3)c1=O)CC1N(CCCN1C(c1ccccc1)c1ccccc1)C2=O. The highest BCUT2D eigenvalue weighted by atomic mass is 19.1. The topological polar surface area (TPSA) is 83.9 Å². The lowest BCUT2D eigenvalue weighted by Crippen LogP contribution is -2.61. The second-order valence-electron chi connectivity index (χ2n) is 11.5. The number of ether oxygens (including phenoxy) is 1. The number of nitrogens with one attached hydrogen (secondary N) is 1. The highest BCUT2D eigenvalue weighted by Crippen LogP contribution is 2.37. The maximum atomic E-state index is 14.2. The number of benzene rings is 3. The number of amides is 2. The Morgan fingerprint density at radius 3 is 2.27 bits per heavy atom. The van der Waals surface area contributed by atoms with E-state index in [0.29, 0.717) is 25.1 Å². The Morgan fingerprint density at radius 1 is 0.956 bits per heavy atom. The van der Waals surface area contributed by atoms with Crippen LogP contribution in [0.3, 0.4) is 0 Å². The molecule has 1 N–H and O–H groups in total. The zero-order valence-corrected chi connectivity index (χ0v) is 25.3. The fourth-order valence-corrected chi connectivity index (χ4v) is 6.30. The Hall–Kier alpha value is -4.76. The third-order valence-corrected chi connectivity index (χ3v) is 8.54. The minimum Gasteiger partial charge on any atom is -0.487 e. The van der Waals surface area contributed by atoms with Crippen molar-refractivity contribution in [1.29, 1.82) is 0 Å². The monoisotopic (exact) mass is 608 g/mol. The summed E-state index contributed by atoms with van der Waals surface area (Å²) in [5, 5.41) is 2.78. The van der Waals surface area contributed by atoms with Gasteiger partial charge in [-0.25, -0.2) is 4.39 Å². The van der Waals surface area contributed by atoms with Gasteiger partial charge in [0, 0.05) is 25.8 Å². The Kier molecular flexibility index (Phi) is 9.07. The first-order valence-electron chi connectivity index (χ1n) is 15.6. The van der Waals surface area contributed by atoms with Gasteiger partial charge in [0.2, 0.25) is 5.43 Å². The number of nitrogens with zero attached hydrogens (tertiary/aromatic N) is 3. The average Bonchev–Trinajstić information content (AvgIpc) is 3.07. The molecular formula is C36H37FN4O4. The Bertz CT molecular complexity index is 1670. The quantitative estimate of drug-likeness (QED) is 0.245. The van der Waals surface area contributed by atoms with Crippen LogP contribution in [0.15, 0.2) is 95.9 Å². The van der Waals surface area contributed by atoms with E-state index in [4.69, 9.17) is 4.74 Å². The maximum Gasteiger partial charge on any atom is 0.275 e. The smallest absolute Gasteiger partial charge is 0.275 e. The van der Waals surface area contributed by atoms with E-state index < -0.39 is 11.3 Å². The van der Waals surface area contributed by atoms with E-state index in [2.05, 4.69) is 34.5 Å². The largest absolute Gasteiger partial charge is 0.487 e. The predicted molar refractivity (Wildman–Crippen MR) is 170 cm³/mol. The summed E-state index contributed by atoms with van der Waals surface area (Å²) in [6.07, 6.45) is 3.50. The number of pyridine rings is 1. The van der Waals surface area contributed by atoms with Crippen molar-refractivity contribution in [3.63, 3.8) is 0 Å². The normalized spacial score (nSPS) is 16.3. The number of rotatable bonds is 10. The minimum absolute atomic E-state index is 0.0823. The third kappa shape index (κ3) is 6.26. The lowest BCUT2D eigenvalue weighted by Gasteiger charge is -2.50. The second kappa shape index (κ2) is 13.5. The molecule has 6 rings (SSSR count). The van der Waals surface area contributed by atoms with Gasteiger partial charge in [-0.3, -0.25) is 19.3 Å². The molecule has 0 aliphatic carbocycles. The zero-order chi connectivity index (χ0) is 31.3. The average molecular weight is 609 g/mol. The van der Waals surface area contributed by atoms with Gasteiger partial charge >= 0.3 is 0 Å². The van der Waals surface area contributed by atoms with Crippen molar-refractivity contribution in [2.75, 3.05) is 19.7 Å². The molecule has 1 unspecified atom stereocenters. The Balaban J connectivity index is 1.38. The van der Waals surface area contributed by atoms with Gasteiger partial charge < -0.3 is 19.5 Å². The van der Waals surface area contributed by atoms with Crippen molar-refractivity contribution < 1.29 is 18.7 Å². The molecule has 0 radical (unpaired) electrons. The number of carbonyl (C=O) groups is 2. The summed E-state index contributed by atoms with van der Waals surface area (Å²) in [5.41, 5.74) is 2.40. The number of halogens is 1. The summed E-state index contributed by atoms with van der Waals surface area (Å²) in [5.74, 6) is -1.32. The molecule has 0 saturated carbocycles. The van der Waals surface area contributed by atoms with Gasteiger partial charge in [-0.15, -0.1) is 0 Å². The molecule has 2 aliphatic heterocycles. The molecule has 1 atom stereocenters. The van der Waals surface area contributed by atoms with Crippen molar-refractivity contribution in [3.05, 3.63) is 135 Å². The Labute approximate surface area is 262 Å². The molecule has 2 aliphatic rings. The summed E-state index contributed by atoms with van der Waals surface area (Å²) in [7, 11) is 0.